The monoisotopic (exact) mass is 580 g/mol. The predicted molar refractivity (Wildman–Crippen MR) is 158 cm³/mol. The molecule has 3 aromatic carbocycles. The van der Waals surface area contributed by atoms with Crippen molar-refractivity contribution in [2.75, 3.05) is 32.6 Å². The molecule has 0 saturated carbocycles. The van der Waals surface area contributed by atoms with Gasteiger partial charge in [-0.1, -0.05) is 49.2 Å². The number of methoxy groups -OCH3 is 2. The fourth-order valence-corrected chi connectivity index (χ4v) is 4.38. The molecule has 1 heterocycles. The van der Waals surface area contributed by atoms with Gasteiger partial charge in [0.2, 0.25) is 11.9 Å². The van der Waals surface area contributed by atoms with E-state index in [0.717, 1.165) is 5.56 Å². The summed E-state index contributed by atoms with van der Waals surface area (Å²) in [6, 6.07) is 19.2. The fourth-order valence-electron chi connectivity index (χ4n) is 4.13. The molecular weight excluding hydrogens is 551 g/mol. The molecule has 1 aromatic heterocycles. The number of nitrogens with zero attached hydrogens (tertiary/aromatic N) is 3. The Morgan fingerprint density at radius 3 is 2.05 bits per heavy atom. The van der Waals surface area contributed by atoms with Crippen molar-refractivity contribution in [2.24, 2.45) is 5.92 Å². The first kappa shape index (κ1) is 29.0. The van der Waals surface area contributed by atoms with Crippen molar-refractivity contribution in [3.05, 3.63) is 88.5 Å². The number of carbonyl (C=O) groups excluding carboxylic acids is 2. The molecule has 40 heavy (non-hydrogen) atoms. The van der Waals surface area contributed by atoms with Gasteiger partial charge in [-0.2, -0.15) is 0 Å². The van der Waals surface area contributed by atoms with Gasteiger partial charge in [-0.15, -0.1) is 0 Å². The molecule has 0 aliphatic heterocycles. The highest BCUT2D eigenvalue weighted by atomic mass is 35.5. The van der Waals surface area contributed by atoms with Crippen molar-refractivity contribution in [1.82, 2.24) is 14.5 Å². The predicted octanol–water partition coefficient (Wildman–Crippen LogP) is 6.60. The summed E-state index contributed by atoms with van der Waals surface area (Å²) in [6.45, 7) is 4.21. The Kier molecular flexibility index (Phi) is 9.34. The lowest BCUT2D eigenvalue weighted by Crippen LogP contribution is -2.40. The Hall–Kier alpha value is -4.01. The maximum Gasteiger partial charge on any atom is 0.254 e. The SMILES string of the molecule is COc1cc(OC)cc(-n2cc(-c3ccc(Cl)cc3)nc2NC(=O)CN(CC(C)C)C(=O)c2ccc(Cl)cc2)c1. The van der Waals surface area contributed by atoms with Gasteiger partial charge in [-0.05, 0) is 42.3 Å². The topological polar surface area (TPSA) is 85.7 Å². The molecule has 4 aromatic rings. The van der Waals surface area contributed by atoms with E-state index in [2.05, 4.69) is 5.32 Å². The molecular formula is C30H30Cl2N4O4. The molecule has 0 radical (unpaired) electrons. The molecule has 0 aliphatic carbocycles. The number of anilines is 1. The van der Waals surface area contributed by atoms with Crippen molar-refractivity contribution in [2.45, 2.75) is 13.8 Å². The van der Waals surface area contributed by atoms with E-state index in [0.29, 0.717) is 45.0 Å². The zero-order chi connectivity index (χ0) is 28.8. The fraction of sp³-hybridized carbons (Fsp3) is 0.233. The second kappa shape index (κ2) is 12.9. The van der Waals surface area contributed by atoms with Gasteiger partial charge in [0, 0.05) is 52.1 Å². The van der Waals surface area contributed by atoms with Crippen LogP contribution in [0.1, 0.15) is 24.2 Å². The molecule has 0 aliphatic rings. The lowest BCUT2D eigenvalue weighted by molar-refractivity contribution is -0.117. The van der Waals surface area contributed by atoms with Gasteiger partial charge in [0.15, 0.2) is 0 Å². The Balaban J connectivity index is 1.67. The standard InChI is InChI=1S/C30H30Cl2N4O4/c1-19(2)16-35(29(38)21-7-11-23(32)12-8-21)18-28(37)34-30-33-27(20-5-9-22(31)10-6-20)17-36(30)24-13-25(39-3)15-26(14-24)40-4/h5-15,17,19H,16,18H2,1-4H3,(H,33,34,37). The number of ether oxygens (including phenoxy) is 2. The molecule has 208 valence electrons. The highest BCUT2D eigenvalue weighted by Crippen LogP contribution is 2.30. The van der Waals surface area contributed by atoms with Crippen molar-refractivity contribution in [3.8, 4) is 28.4 Å². The van der Waals surface area contributed by atoms with Crippen LogP contribution in [-0.4, -0.2) is 53.6 Å². The molecule has 0 bridgehead atoms. The van der Waals surface area contributed by atoms with Crippen molar-refractivity contribution in [1.29, 1.82) is 0 Å². The summed E-state index contributed by atoms with van der Waals surface area (Å²) in [7, 11) is 3.13. The van der Waals surface area contributed by atoms with Crippen LogP contribution in [-0.2, 0) is 4.79 Å². The number of hydrogen-bond donors (Lipinski definition) is 1. The minimum absolute atomic E-state index is 0.145. The normalized spacial score (nSPS) is 10.9. The van der Waals surface area contributed by atoms with Crippen molar-refractivity contribution >= 4 is 41.0 Å². The van der Waals surface area contributed by atoms with Crippen LogP contribution in [0.5, 0.6) is 11.5 Å². The highest BCUT2D eigenvalue weighted by Gasteiger charge is 2.22. The maximum absolute atomic E-state index is 13.4. The van der Waals surface area contributed by atoms with E-state index in [-0.39, 0.29) is 24.3 Å². The van der Waals surface area contributed by atoms with E-state index in [1.165, 1.54) is 4.90 Å². The van der Waals surface area contributed by atoms with Crippen LogP contribution in [0.3, 0.4) is 0 Å². The third kappa shape index (κ3) is 7.14. The zero-order valence-electron chi connectivity index (χ0n) is 22.7. The van der Waals surface area contributed by atoms with Crippen LogP contribution in [0.15, 0.2) is 72.9 Å². The third-order valence-corrected chi connectivity index (χ3v) is 6.51. The molecule has 0 saturated heterocycles. The molecule has 10 heteroatoms. The summed E-state index contributed by atoms with van der Waals surface area (Å²) in [5.41, 5.74) is 2.54. The number of rotatable bonds is 10. The smallest absolute Gasteiger partial charge is 0.254 e. The van der Waals surface area contributed by atoms with Crippen LogP contribution in [0.25, 0.3) is 16.9 Å². The summed E-state index contributed by atoms with van der Waals surface area (Å²) >= 11 is 12.1. The minimum Gasteiger partial charge on any atom is -0.497 e. The number of imidazole rings is 1. The Morgan fingerprint density at radius 1 is 0.925 bits per heavy atom. The van der Waals surface area contributed by atoms with Crippen molar-refractivity contribution in [3.63, 3.8) is 0 Å². The molecule has 0 unspecified atom stereocenters. The first-order chi connectivity index (χ1) is 19.2. The lowest BCUT2D eigenvalue weighted by Gasteiger charge is -2.24. The molecule has 8 nitrogen and oxygen atoms in total. The summed E-state index contributed by atoms with van der Waals surface area (Å²) in [5, 5.41) is 4.03. The number of halogens is 2. The van der Waals surface area contributed by atoms with Gasteiger partial charge in [-0.25, -0.2) is 4.98 Å². The van der Waals surface area contributed by atoms with Gasteiger partial charge in [0.1, 0.15) is 18.0 Å². The zero-order valence-corrected chi connectivity index (χ0v) is 24.2. The van der Waals surface area contributed by atoms with E-state index >= 15 is 0 Å². The Labute approximate surface area is 243 Å². The quantitative estimate of drug-likeness (QED) is 0.228. The third-order valence-electron chi connectivity index (χ3n) is 6.01. The first-order valence-corrected chi connectivity index (χ1v) is 13.4. The summed E-state index contributed by atoms with van der Waals surface area (Å²) in [5.74, 6) is 0.908. The number of hydrogen-bond acceptors (Lipinski definition) is 5. The van der Waals surface area contributed by atoms with Crippen LogP contribution < -0.4 is 14.8 Å². The maximum atomic E-state index is 13.4. The average Bonchev–Trinajstić information content (AvgIpc) is 3.36. The van der Waals surface area contributed by atoms with Gasteiger partial charge in [0.25, 0.3) is 5.91 Å². The number of aromatic nitrogens is 2. The van der Waals surface area contributed by atoms with E-state index in [9.17, 15) is 9.59 Å². The molecule has 0 atom stereocenters. The van der Waals surface area contributed by atoms with Gasteiger partial charge in [0.05, 0.1) is 25.6 Å². The second-order valence-electron chi connectivity index (χ2n) is 9.53. The summed E-state index contributed by atoms with van der Waals surface area (Å²) in [4.78, 5) is 32.9. The van der Waals surface area contributed by atoms with Gasteiger partial charge >= 0.3 is 0 Å². The molecule has 0 fully saturated rings. The number of nitrogens with one attached hydrogen (secondary N) is 1. The molecule has 4 rings (SSSR count). The molecule has 2 amide bonds. The number of carbonyl (C=O) groups is 2. The lowest BCUT2D eigenvalue weighted by atomic mass is 10.1. The molecule has 1 N–H and O–H groups in total. The number of amides is 2. The van der Waals surface area contributed by atoms with Crippen LogP contribution >= 0.6 is 23.2 Å². The van der Waals surface area contributed by atoms with E-state index in [1.54, 1.807) is 79.6 Å². The van der Waals surface area contributed by atoms with Crippen LogP contribution in [0.2, 0.25) is 10.0 Å². The molecule has 0 spiro atoms. The average molecular weight is 582 g/mol. The van der Waals surface area contributed by atoms with E-state index < -0.39 is 5.91 Å². The van der Waals surface area contributed by atoms with E-state index in [1.807, 2.05) is 26.0 Å². The Morgan fingerprint density at radius 2 is 1.50 bits per heavy atom. The second-order valence-corrected chi connectivity index (χ2v) is 10.4. The number of benzene rings is 3. The van der Waals surface area contributed by atoms with Gasteiger partial charge < -0.3 is 14.4 Å². The van der Waals surface area contributed by atoms with E-state index in [4.69, 9.17) is 37.7 Å². The van der Waals surface area contributed by atoms with Crippen LogP contribution in [0.4, 0.5) is 5.95 Å². The Bertz CT molecular complexity index is 1460. The van der Waals surface area contributed by atoms with Crippen LogP contribution in [0, 0.1) is 5.92 Å². The van der Waals surface area contributed by atoms with Gasteiger partial charge in [-0.3, -0.25) is 19.5 Å². The highest BCUT2D eigenvalue weighted by molar-refractivity contribution is 6.31. The first-order valence-electron chi connectivity index (χ1n) is 12.6. The minimum atomic E-state index is -0.396. The van der Waals surface area contributed by atoms with Crippen molar-refractivity contribution < 1.29 is 19.1 Å². The largest absolute Gasteiger partial charge is 0.497 e. The summed E-state index contributed by atoms with van der Waals surface area (Å²) < 4.78 is 12.6. The summed E-state index contributed by atoms with van der Waals surface area (Å²) in [6.07, 6.45) is 1.80.